The van der Waals surface area contributed by atoms with Crippen LogP contribution in [0.15, 0.2) is 48.5 Å². The highest BCUT2D eigenvalue weighted by molar-refractivity contribution is 7.92. The van der Waals surface area contributed by atoms with Crippen LogP contribution in [-0.2, 0) is 27.7 Å². The second kappa shape index (κ2) is 9.63. The van der Waals surface area contributed by atoms with E-state index in [-0.39, 0.29) is 18.0 Å². The molecule has 1 heterocycles. The van der Waals surface area contributed by atoms with E-state index in [1.807, 2.05) is 0 Å². The third kappa shape index (κ3) is 5.71. The number of aromatic nitrogens is 1. The van der Waals surface area contributed by atoms with E-state index in [0.29, 0.717) is 38.8 Å². The zero-order chi connectivity index (χ0) is 24.3. The van der Waals surface area contributed by atoms with Gasteiger partial charge in [0.25, 0.3) is 0 Å². The van der Waals surface area contributed by atoms with Gasteiger partial charge in [0.05, 0.1) is 5.69 Å². The Kier molecular flexibility index (Phi) is 7.09. The average Bonchev–Trinajstić information content (AvgIpc) is 2.74. The maximum absolute atomic E-state index is 13.3. The van der Waals surface area contributed by atoms with Gasteiger partial charge in [-0.05, 0) is 48.0 Å². The van der Waals surface area contributed by atoms with Crippen molar-refractivity contribution in [2.24, 2.45) is 5.73 Å². The van der Waals surface area contributed by atoms with E-state index in [9.17, 15) is 22.7 Å². The molecular formula is C22H22ClFN4O4S. The molecule has 0 fully saturated rings. The number of phenolic OH excluding ortho intramolecular Hbond substituents is 1. The lowest BCUT2D eigenvalue weighted by Crippen LogP contribution is -2.37. The van der Waals surface area contributed by atoms with E-state index in [0.717, 1.165) is 6.26 Å². The highest BCUT2D eigenvalue weighted by Gasteiger charge is 2.28. The first kappa shape index (κ1) is 24.3. The predicted octanol–water partition coefficient (Wildman–Crippen LogP) is 3.34. The first-order valence-electron chi connectivity index (χ1n) is 9.68. The van der Waals surface area contributed by atoms with Crippen LogP contribution in [0.1, 0.15) is 11.1 Å². The van der Waals surface area contributed by atoms with Crippen molar-refractivity contribution in [1.82, 2.24) is 4.98 Å². The number of phenols is 1. The number of primary amides is 1. The Labute approximate surface area is 195 Å². The van der Waals surface area contributed by atoms with Crippen LogP contribution in [0, 0.1) is 0 Å². The number of sulfone groups is 1. The first-order valence-corrected chi connectivity index (χ1v) is 12.0. The van der Waals surface area contributed by atoms with Gasteiger partial charge in [-0.25, -0.2) is 17.8 Å². The number of benzene rings is 2. The molecule has 0 aliphatic rings. The van der Waals surface area contributed by atoms with Crippen molar-refractivity contribution in [2.75, 3.05) is 17.3 Å². The molecule has 0 spiro atoms. The van der Waals surface area contributed by atoms with E-state index in [2.05, 4.69) is 10.3 Å². The van der Waals surface area contributed by atoms with E-state index in [1.54, 1.807) is 30.3 Å². The van der Waals surface area contributed by atoms with Gasteiger partial charge in [-0.2, -0.15) is 0 Å². The quantitative estimate of drug-likeness (QED) is 0.352. The molecule has 1 aromatic heterocycles. The number of hydrogen-bond donors (Lipinski definition) is 4. The van der Waals surface area contributed by atoms with Crippen LogP contribution >= 0.6 is 11.6 Å². The smallest absolute Gasteiger partial charge is 0.236 e. The topological polar surface area (TPSA) is 148 Å². The van der Waals surface area contributed by atoms with E-state index < -0.39 is 27.7 Å². The summed E-state index contributed by atoms with van der Waals surface area (Å²) >= 11 is 5.92. The second-order valence-electron chi connectivity index (χ2n) is 7.46. The molecule has 6 N–H and O–H groups in total. The van der Waals surface area contributed by atoms with Gasteiger partial charge in [0, 0.05) is 40.2 Å². The molecule has 1 atom stereocenters. The number of nitrogens with one attached hydrogen (secondary N) is 1. The Morgan fingerprint density at radius 1 is 1.18 bits per heavy atom. The van der Waals surface area contributed by atoms with Crippen molar-refractivity contribution < 1.29 is 22.7 Å². The Morgan fingerprint density at radius 2 is 1.91 bits per heavy atom. The number of rotatable bonds is 8. The maximum Gasteiger partial charge on any atom is 0.236 e. The number of hydrogen-bond acceptors (Lipinski definition) is 7. The van der Waals surface area contributed by atoms with Gasteiger partial charge in [-0.3, -0.25) is 4.79 Å². The number of anilines is 3. The van der Waals surface area contributed by atoms with Gasteiger partial charge in [-0.15, -0.1) is 0 Å². The van der Waals surface area contributed by atoms with Crippen LogP contribution in [0.2, 0.25) is 5.02 Å². The van der Waals surface area contributed by atoms with Crippen LogP contribution < -0.4 is 16.8 Å². The number of alkyl halides is 1. The molecule has 3 aromatic rings. The number of carbonyl (C=O) groups is 1. The van der Waals surface area contributed by atoms with Crippen molar-refractivity contribution in [3.05, 3.63) is 64.7 Å². The summed E-state index contributed by atoms with van der Waals surface area (Å²) in [7, 11) is -3.73. The Hall–Kier alpha value is -3.37. The normalized spacial score (nSPS) is 12.3. The third-order valence-corrected chi connectivity index (χ3v) is 6.68. The Morgan fingerprint density at radius 3 is 2.52 bits per heavy atom. The van der Waals surface area contributed by atoms with Gasteiger partial charge in [0.15, 0.2) is 9.84 Å². The SMILES string of the molecule is CS(=O)(=O)[C@H](Cc1ccc(-c2cc(Nc3ccc(Cl)cc3CF)ccc2O)nc1N)C(N)=O. The lowest BCUT2D eigenvalue weighted by Gasteiger charge is -2.15. The molecule has 2 aromatic carbocycles. The molecule has 0 bridgehead atoms. The summed E-state index contributed by atoms with van der Waals surface area (Å²) < 4.78 is 37.0. The molecule has 0 saturated heterocycles. The van der Waals surface area contributed by atoms with E-state index in [4.69, 9.17) is 23.1 Å². The molecule has 0 unspecified atom stereocenters. The lowest BCUT2D eigenvalue weighted by atomic mass is 10.1. The summed E-state index contributed by atoms with van der Waals surface area (Å²) in [5.41, 5.74) is 13.6. The largest absolute Gasteiger partial charge is 0.507 e. The lowest BCUT2D eigenvalue weighted by molar-refractivity contribution is -0.117. The Balaban J connectivity index is 1.92. The molecule has 0 radical (unpaired) electrons. The van der Waals surface area contributed by atoms with Gasteiger partial charge in [0.2, 0.25) is 5.91 Å². The highest BCUT2D eigenvalue weighted by Crippen LogP contribution is 2.34. The van der Waals surface area contributed by atoms with Crippen molar-refractivity contribution in [1.29, 1.82) is 0 Å². The average molecular weight is 493 g/mol. The monoisotopic (exact) mass is 492 g/mol. The summed E-state index contributed by atoms with van der Waals surface area (Å²) in [6.45, 7) is -0.715. The summed E-state index contributed by atoms with van der Waals surface area (Å²) in [5, 5.41) is 12.4. The molecule has 3 rings (SSSR count). The molecule has 0 saturated carbocycles. The number of carbonyl (C=O) groups excluding carboxylic acids is 1. The van der Waals surface area contributed by atoms with Crippen LogP contribution in [0.4, 0.5) is 21.6 Å². The zero-order valence-corrected chi connectivity index (χ0v) is 19.1. The summed E-state index contributed by atoms with van der Waals surface area (Å²) in [6, 6.07) is 12.5. The first-order chi connectivity index (χ1) is 15.5. The molecule has 8 nitrogen and oxygen atoms in total. The van der Waals surface area contributed by atoms with Gasteiger partial charge in [0.1, 0.15) is 23.5 Å². The highest BCUT2D eigenvalue weighted by atomic mass is 35.5. The molecule has 11 heteroatoms. The number of halogens is 2. The van der Waals surface area contributed by atoms with Crippen LogP contribution in [0.25, 0.3) is 11.3 Å². The number of pyridine rings is 1. The van der Waals surface area contributed by atoms with Gasteiger partial charge >= 0.3 is 0 Å². The van der Waals surface area contributed by atoms with Crippen molar-refractivity contribution in [3.63, 3.8) is 0 Å². The molecule has 1 amide bonds. The molecule has 0 aliphatic heterocycles. The fraction of sp³-hybridized carbons (Fsp3) is 0.182. The van der Waals surface area contributed by atoms with Crippen LogP contribution in [-0.4, -0.2) is 35.9 Å². The minimum absolute atomic E-state index is 0.00224. The van der Waals surface area contributed by atoms with Crippen molar-refractivity contribution in [3.8, 4) is 17.0 Å². The van der Waals surface area contributed by atoms with E-state index >= 15 is 0 Å². The number of amides is 1. The number of nitrogen functional groups attached to an aromatic ring is 1. The van der Waals surface area contributed by atoms with Gasteiger partial charge in [-0.1, -0.05) is 17.7 Å². The summed E-state index contributed by atoms with van der Waals surface area (Å²) in [5.74, 6) is -1.06. The fourth-order valence-electron chi connectivity index (χ4n) is 3.26. The Bertz CT molecular complexity index is 1320. The van der Waals surface area contributed by atoms with Crippen molar-refractivity contribution in [2.45, 2.75) is 18.3 Å². The molecule has 33 heavy (non-hydrogen) atoms. The summed E-state index contributed by atoms with van der Waals surface area (Å²) in [4.78, 5) is 15.8. The molecule has 174 valence electrons. The summed E-state index contributed by atoms with van der Waals surface area (Å²) in [6.07, 6.45) is 0.704. The molecular weight excluding hydrogens is 471 g/mol. The third-order valence-electron chi connectivity index (χ3n) is 5.01. The predicted molar refractivity (Wildman–Crippen MR) is 127 cm³/mol. The van der Waals surface area contributed by atoms with Crippen LogP contribution in [0.5, 0.6) is 5.75 Å². The standard InChI is InChI=1S/C22H22ClFN4O4S/c1-33(31,32)20(22(26)30)9-12-2-5-18(28-21(12)25)16-10-15(4-7-19(16)29)27-17-6-3-14(23)8-13(17)11-24/h2-8,10,20,27,29H,9,11H2,1H3,(H2,25,28)(H2,26,30)/t20-/m1/s1. The number of nitrogens with zero attached hydrogens (tertiary/aromatic N) is 1. The van der Waals surface area contributed by atoms with Crippen molar-refractivity contribution >= 4 is 44.5 Å². The fourth-order valence-corrected chi connectivity index (χ4v) is 4.36. The van der Waals surface area contributed by atoms with Crippen LogP contribution in [0.3, 0.4) is 0 Å². The second-order valence-corrected chi connectivity index (χ2v) is 10.1. The maximum atomic E-state index is 13.3. The number of aromatic hydroxyl groups is 1. The molecule has 0 aliphatic carbocycles. The zero-order valence-electron chi connectivity index (χ0n) is 17.5. The van der Waals surface area contributed by atoms with Gasteiger partial charge < -0.3 is 21.9 Å². The number of nitrogens with two attached hydrogens (primary N) is 2. The minimum atomic E-state index is -3.73. The minimum Gasteiger partial charge on any atom is -0.507 e. The van der Waals surface area contributed by atoms with E-state index in [1.165, 1.54) is 18.2 Å².